The van der Waals surface area contributed by atoms with Gasteiger partial charge in [-0.25, -0.2) is 4.39 Å². The van der Waals surface area contributed by atoms with Crippen molar-refractivity contribution in [3.63, 3.8) is 0 Å². The Labute approximate surface area is 169 Å². The molecule has 0 bridgehead atoms. The molecule has 2 aliphatic rings. The monoisotopic (exact) mass is 397 g/mol. The van der Waals surface area contributed by atoms with Crippen LogP contribution in [-0.2, 0) is 24.2 Å². The first-order valence-corrected chi connectivity index (χ1v) is 10.7. The summed E-state index contributed by atoms with van der Waals surface area (Å²) >= 11 is 1.54. The highest BCUT2D eigenvalue weighted by Gasteiger charge is 2.31. The van der Waals surface area contributed by atoms with Gasteiger partial charge in [-0.15, -0.1) is 11.3 Å². The number of hydrogen-bond acceptors (Lipinski definition) is 4. The average Bonchev–Trinajstić information content (AvgIpc) is 3.45. The second-order valence-electron chi connectivity index (χ2n) is 7.94. The summed E-state index contributed by atoms with van der Waals surface area (Å²) in [7, 11) is 0. The van der Waals surface area contributed by atoms with E-state index in [1.54, 1.807) is 23.5 Å². The number of carbonyl (C=O) groups is 1. The number of anilines is 1. The van der Waals surface area contributed by atoms with Crippen LogP contribution in [0.2, 0.25) is 0 Å². The molecule has 2 aromatic rings. The third-order valence-corrected chi connectivity index (χ3v) is 6.79. The van der Waals surface area contributed by atoms with Gasteiger partial charge in [0.05, 0.1) is 12.1 Å². The molecule has 4 nitrogen and oxygen atoms in total. The van der Waals surface area contributed by atoms with Crippen LogP contribution in [0.5, 0.6) is 0 Å². The first-order valence-electron chi connectivity index (χ1n) is 9.87. The Bertz CT molecular complexity index is 928. The van der Waals surface area contributed by atoms with Crippen LogP contribution in [0.3, 0.4) is 0 Å². The van der Waals surface area contributed by atoms with E-state index in [2.05, 4.69) is 18.3 Å². The molecule has 0 spiro atoms. The molecule has 0 saturated heterocycles. The summed E-state index contributed by atoms with van der Waals surface area (Å²) < 4.78 is 14.0. The molecule has 1 fully saturated rings. The summed E-state index contributed by atoms with van der Waals surface area (Å²) in [4.78, 5) is 16.0. The van der Waals surface area contributed by atoms with Crippen molar-refractivity contribution in [1.29, 1.82) is 5.26 Å². The summed E-state index contributed by atoms with van der Waals surface area (Å²) in [5.41, 5.74) is 2.36. The number of carbonyl (C=O) groups excluding carboxylic acids is 1. The number of thiophene rings is 1. The molecule has 1 amide bonds. The van der Waals surface area contributed by atoms with Gasteiger partial charge in [-0.2, -0.15) is 5.26 Å². The van der Waals surface area contributed by atoms with Gasteiger partial charge in [-0.1, -0.05) is 25.1 Å². The summed E-state index contributed by atoms with van der Waals surface area (Å²) in [6.07, 6.45) is 5.05. The minimum atomic E-state index is -0.236. The fraction of sp³-hybridized carbons (Fsp3) is 0.455. The first kappa shape index (κ1) is 19.1. The normalized spacial score (nSPS) is 18.6. The molecule has 1 aromatic heterocycles. The molecule has 1 aromatic carbocycles. The maximum Gasteiger partial charge on any atom is 0.239 e. The van der Waals surface area contributed by atoms with Crippen LogP contribution in [-0.4, -0.2) is 23.4 Å². The summed E-state index contributed by atoms with van der Waals surface area (Å²) in [5, 5.41) is 13.2. The Hall–Kier alpha value is -2.23. The van der Waals surface area contributed by atoms with Crippen LogP contribution in [0.1, 0.15) is 47.8 Å². The molecule has 28 heavy (non-hydrogen) atoms. The van der Waals surface area contributed by atoms with Gasteiger partial charge in [0.15, 0.2) is 0 Å². The van der Waals surface area contributed by atoms with E-state index >= 15 is 0 Å². The van der Waals surface area contributed by atoms with E-state index in [0.717, 1.165) is 37.7 Å². The van der Waals surface area contributed by atoms with Gasteiger partial charge in [0, 0.05) is 23.0 Å². The van der Waals surface area contributed by atoms with Gasteiger partial charge < -0.3 is 5.32 Å². The number of amides is 1. The highest BCUT2D eigenvalue weighted by atomic mass is 32.1. The number of halogens is 1. The van der Waals surface area contributed by atoms with Crippen molar-refractivity contribution in [2.75, 3.05) is 11.9 Å². The van der Waals surface area contributed by atoms with E-state index in [4.69, 9.17) is 0 Å². The SMILES string of the molecule is C[C@@H]1CCc2c(sc(NC(=O)CN(Cc3ccccc3F)C3CC3)c2C#N)C1. The van der Waals surface area contributed by atoms with Crippen molar-refractivity contribution in [3.05, 3.63) is 51.7 Å². The van der Waals surface area contributed by atoms with Crippen LogP contribution in [0, 0.1) is 23.1 Å². The molecule has 146 valence electrons. The standard InChI is InChI=1S/C22H24FN3OS/c1-14-6-9-17-18(11-24)22(28-20(17)10-14)25-21(27)13-26(16-7-8-16)12-15-4-2-3-5-19(15)23/h2-5,14,16H,6-10,12-13H2,1H3,(H,25,27)/t14-/m1/s1. The largest absolute Gasteiger partial charge is 0.315 e. The van der Waals surface area contributed by atoms with E-state index in [1.807, 2.05) is 11.0 Å². The summed E-state index contributed by atoms with van der Waals surface area (Å²) in [6, 6.07) is 9.34. The Balaban J connectivity index is 1.46. The lowest BCUT2D eigenvalue weighted by Crippen LogP contribution is -2.34. The molecular weight excluding hydrogens is 373 g/mol. The van der Waals surface area contributed by atoms with Gasteiger partial charge >= 0.3 is 0 Å². The lowest BCUT2D eigenvalue weighted by atomic mass is 9.89. The predicted octanol–water partition coefficient (Wildman–Crippen LogP) is 4.49. The maximum absolute atomic E-state index is 14.0. The van der Waals surface area contributed by atoms with Crippen LogP contribution in [0.15, 0.2) is 24.3 Å². The maximum atomic E-state index is 14.0. The van der Waals surface area contributed by atoms with Crippen LogP contribution >= 0.6 is 11.3 Å². The van der Waals surface area contributed by atoms with Crippen LogP contribution < -0.4 is 5.32 Å². The molecule has 1 N–H and O–H groups in total. The molecule has 4 rings (SSSR count). The smallest absolute Gasteiger partial charge is 0.239 e. The molecule has 6 heteroatoms. The highest BCUT2D eigenvalue weighted by Crippen LogP contribution is 2.39. The fourth-order valence-electron chi connectivity index (χ4n) is 3.91. The molecule has 2 aliphatic carbocycles. The average molecular weight is 398 g/mol. The zero-order valence-electron chi connectivity index (χ0n) is 16.0. The Morgan fingerprint density at radius 2 is 2.14 bits per heavy atom. The van der Waals surface area contributed by atoms with Crippen molar-refractivity contribution >= 4 is 22.2 Å². The lowest BCUT2D eigenvalue weighted by Gasteiger charge is -2.21. The zero-order valence-corrected chi connectivity index (χ0v) is 16.8. The molecule has 1 atom stereocenters. The van der Waals surface area contributed by atoms with Crippen LogP contribution in [0.25, 0.3) is 0 Å². The number of hydrogen-bond donors (Lipinski definition) is 1. The van der Waals surface area contributed by atoms with Crippen molar-refractivity contribution in [1.82, 2.24) is 4.90 Å². The van der Waals surface area contributed by atoms with Crippen molar-refractivity contribution in [2.45, 2.75) is 51.6 Å². The van der Waals surface area contributed by atoms with Gasteiger partial charge in [0.25, 0.3) is 0 Å². The molecule has 1 saturated carbocycles. The summed E-state index contributed by atoms with van der Waals surface area (Å²) in [5.74, 6) is 0.249. The Morgan fingerprint density at radius 1 is 1.36 bits per heavy atom. The highest BCUT2D eigenvalue weighted by molar-refractivity contribution is 7.16. The van der Waals surface area contributed by atoms with Gasteiger partial charge in [-0.3, -0.25) is 9.69 Å². The third-order valence-electron chi connectivity index (χ3n) is 5.62. The number of benzene rings is 1. The Morgan fingerprint density at radius 3 is 2.86 bits per heavy atom. The molecule has 0 aliphatic heterocycles. The lowest BCUT2D eigenvalue weighted by molar-refractivity contribution is -0.117. The van der Waals surface area contributed by atoms with Gasteiger partial charge in [-0.05, 0) is 49.7 Å². The topological polar surface area (TPSA) is 56.1 Å². The first-order chi connectivity index (χ1) is 13.5. The van der Waals surface area contributed by atoms with E-state index < -0.39 is 0 Å². The van der Waals surface area contributed by atoms with Crippen molar-refractivity contribution in [2.24, 2.45) is 5.92 Å². The number of nitriles is 1. The summed E-state index contributed by atoms with van der Waals surface area (Å²) in [6.45, 7) is 2.86. The minimum Gasteiger partial charge on any atom is -0.315 e. The number of nitrogens with one attached hydrogen (secondary N) is 1. The van der Waals surface area contributed by atoms with Crippen LogP contribution in [0.4, 0.5) is 9.39 Å². The van der Waals surface area contributed by atoms with Crippen molar-refractivity contribution in [3.8, 4) is 6.07 Å². The second kappa shape index (κ2) is 8.02. The number of nitrogens with zero attached hydrogens (tertiary/aromatic N) is 2. The van der Waals surface area contributed by atoms with E-state index in [0.29, 0.717) is 34.6 Å². The third kappa shape index (κ3) is 4.11. The van der Waals surface area contributed by atoms with Gasteiger partial charge in [0.1, 0.15) is 16.9 Å². The Kier molecular flexibility index (Phi) is 5.47. The predicted molar refractivity (Wildman–Crippen MR) is 109 cm³/mol. The van der Waals surface area contributed by atoms with E-state index in [9.17, 15) is 14.4 Å². The quantitative estimate of drug-likeness (QED) is 0.782. The zero-order chi connectivity index (χ0) is 19.7. The molecule has 0 unspecified atom stereocenters. The molecule has 0 radical (unpaired) electrons. The van der Waals surface area contributed by atoms with Crippen molar-refractivity contribution < 1.29 is 9.18 Å². The fourth-order valence-corrected chi connectivity index (χ4v) is 5.28. The van der Waals surface area contributed by atoms with E-state index in [-0.39, 0.29) is 18.3 Å². The second-order valence-corrected chi connectivity index (χ2v) is 9.05. The van der Waals surface area contributed by atoms with E-state index in [1.165, 1.54) is 10.9 Å². The number of rotatable bonds is 6. The molecular formula is C22H24FN3OS. The number of fused-ring (bicyclic) bond motifs is 1. The molecule has 1 heterocycles. The van der Waals surface area contributed by atoms with Gasteiger partial charge in [0.2, 0.25) is 5.91 Å². The minimum absolute atomic E-state index is 0.133.